The molecule has 0 unspecified atom stereocenters. The molecule has 25 heavy (non-hydrogen) atoms. The molecular formula is C22H26ClNO. The molecule has 1 aliphatic carbocycles. The molecule has 0 spiro atoms. The summed E-state index contributed by atoms with van der Waals surface area (Å²) in [4.78, 5) is 15.1. The molecular weight excluding hydrogens is 330 g/mol. The maximum atomic E-state index is 13.1. The summed E-state index contributed by atoms with van der Waals surface area (Å²) in [5, 5.41) is 0.741. The predicted octanol–water partition coefficient (Wildman–Crippen LogP) is 5.42. The van der Waals surface area contributed by atoms with Crippen molar-refractivity contribution in [1.82, 2.24) is 4.90 Å². The largest absolute Gasteiger partial charge is 0.335 e. The van der Waals surface area contributed by atoms with Gasteiger partial charge in [-0.25, -0.2) is 0 Å². The molecule has 0 heterocycles. The van der Waals surface area contributed by atoms with Crippen LogP contribution in [0.15, 0.2) is 48.5 Å². The van der Waals surface area contributed by atoms with Crippen molar-refractivity contribution in [3.63, 3.8) is 0 Å². The molecule has 2 nitrogen and oxygen atoms in total. The molecule has 0 N–H and O–H groups in total. The van der Waals surface area contributed by atoms with Gasteiger partial charge in [0.15, 0.2) is 0 Å². The van der Waals surface area contributed by atoms with E-state index in [0.29, 0.717) is 19.0 Å². The van der Waals surface area contributed by atoms with Gasteiger partial charge < -0.3 is 4.90 Å². The van der Waals surface area contributed by atoms with Gasteiger partial charge in [0.25, 0.3) is 0 Å². The summed E-state index contributed by atoms with van der Waals surface area (Å²) in [5.41, 5.74) is 3.43. The van der Waals surface area contributed by atoms with Gasteiger partial charge in [-0.3, -0.25) is 4.79 Å². The molecule has 0 aliphatic heterocycles. The van der Waals surface area contributed by atoms with Crippen molar-refractivity contribution in [2.75, 3.05) is 0 Å². The van der Waals surface area contributed by atoms with Gasteiger partial charge in [-0.05, 0) is 42.0 Å². The van der Waals surface area contributed by atoms with Crippen LogP contribution in [0.2, 0.25) is 5.02 Å². The molecule has 1 aliphatic rings. The van der Waals surface area contributed by atoms with Crippen LogP contribution < -0.4 is 0 Å². The van der Waals surface area contributed by atoms with E-state index in [-0.39, 0.29) is 5.91 Å². The van der Waals surface area contributed by atoms with E-state index in [4.69, 9.17) is 11.6 Å². The predicted molar refractivity (Wildman–Crippen MR) is 104 cm³/mol. The van der Waals surface area contributed by atoms with Crippen LogP contribution >= 0.6 is 11.6 Å². The zero-order chi connectivity index (χ0) is 17.6. The Morgan fingerprint density at radius 2 is 1.68 bits per heavy atom. The Bertz CT molecular complexity index is 704. The second-order valence-electron chi connectivity index (χ2n) is 6.90. The summed E-state index contributed by atoms with van der Waals surface area (Å²) in [6, 6.07) is 16.6. The minimum Gasteiger partial charge on any atom is -0.335 e. The Balaban J connectivity index is 1.75. The third-order valence-corrected chi connectivity index (χ3v) is 5.54. The topological polar surface area (TPSA) is 20.3 Å². The highest BCUT2D eigenvalue weighted by molar-refractivity contribution is 6.31. The average molecular weight is 356 g/mol. The quantitative estimate of drug-likeness (QED) is 0.677. The number of hydrogen-bond donors (Lipinski definition) is 0. The molecule has 132 valence electrons. The lowest BCUT2D eigenvalue weighted by Crippen LogP contribution is -2.39. The molecule has 1 amide bonds. The summed E-state index contributed by atoms with van der Waals surface area (Å²) < 4.78 is 0. The highest BCUT2D eigenvalue weighted by atomic mass is 35.5. The summed E-state index contributed by atoms with van der Waals surface area (Å²) in [5.74, 6) is 0.205. The monoisotopic (exact) mass is 355 g/mol. The normalized spacial score (nSPS) is 14.6. The van der Waals surface area contributed by atoms with Crippen molar-refractivity contribution in [1.29, 1.82) is 0 Å². The maximum absolute atomic E-state index is 13.1. The minimum absolute atomic E-state index is 0.205. The van der Waals surface area contributed by atoms with Crippen molar-refractivity contribution in [3.8, 4) is 0 Å². The minimum atomic E-state index is 0.205. The van der Waals surface area contributed by atoms with E-state index in [9.17, 15) is 4.79 Å². The van der Waals surface area contributed by atoms with E-state index in [1.54, 1.807) is 0 Å². The van der Waals surface area contributed by atoms with Gasteiger partial charge in [-0.2, -0.15) is 0 Å². The Kier molecular flexibility index (Phi) is 6.14. The molecule has 3 heteroatoms. The summed E-state index contributed by atoms with van der Waals surface area (Å²) in [7, 11) is 0. The van der Waals surface area contributed by atoms with E-state index >= 15 is 0 Å². The lowest BCUT2D eigenvalue weighted by Gasteiger charge is -2.29. The van der Waals surface area contributed by atoms with Crippen molar-refractivity contribution in [2.24, 2.45) is 0 Å². The van der Waals surface area contributed by atoms with Gasteiger partial charge in [-0.15, -0.1) is 0 Å². The molecule has 1 saturated carbocycles. The SMILES string of the molecule is CCc1ccc(CC(=O)N(Cc2ccccc2Cl)C2CCCC2)cc1. The highest BCUT2D eigenvalue weighted by Crippen LogP contribution is 2.27. The van der Waals surface area contributed by atoms with Crippen molar-refractivity contribution in [3.05, 3.63) is 70.2 Å². The van der Waals surface area contributed by atoms with Crippen LogP contribution in [0.4, 0.5) is 0 Å². The van der Waals surface area contributed by atoms with Crippen LogP contribution in [-0.4, -0.2) is 16.8 Å². The molecule has 2 aromatic rings. The second-order valence-corrected chi connectivity index (χ2v) is 7.31. The van der Waals surface area contributed by atoms with Gasteiger partial charge in [0.1, 0.15) is 0 Å². The molecule has 0 bridgehead atoms. The first-order valence-corrected chi connectivity index (χ1v) is 9.66. The lowest BCUT2D eigenvalue weighted by molar-refractivity contribution is -0.133. The molecule has 2 aromatic carbocycles. The van der Waals surface area contributed by atoms with Crippen LogP contribution in [0.1, 0.15) is 49.3 Å². The zero-order valence-electron chi connectivity index (χ0n) is 14.9. The Labute approximate surface area is 155 Å². The number of amides is 1. The molecule has 0 saturated heterocycles. The van der Waals surface area contributed by atoms with Crippen LogP contribution in [0.3, 0.4) is 0 Å². The second kappa shape index (κ2) is 8.53. The number of carbonyl (C=O) groups excluding carboxylic acids is 1. The first kappa shape index (κ1) is 18.0. The molecule has 1 fully saturated rings. The number of halogens is 1. The smallest absolute Gasteiger partial charge is 0.227 e. The lowest BCUT2D eigenvalue weighted by atomic mass is 10.1. The fourth-order valence-electron chi connectivity index (χ4n) is 3.62. The van der Waals surface area contributed by atoms with Crippen LogP contribution in [0.5, 0.6) is 0 Å². The van der Waals surface area contributed by atoms with E-state index in [1.807, 2.05) is 24.3 Å². The number of nitrogens with zero attached hydrogens (tertiary/aromatic N) is 1. The van der Waals surface area contributed by atoms with Crippen molar-refractivity contribution < 1.29 is 4.79 Å². The first-order valence-electron chi connectivity index (χ1n) is 9.28. The number of benzene rings is 2. The summed E-state index contributed by atoms with van der Waals surface area (Å²) in [6.45, 7) is 2.75. The van der Waals surface area contributed by atoms with Gasteiger partial charge in [-0.1, -0.05) is 73.8 Å². The third kappa shape index (κ3) is 4.64. The third-order valence-electron chi connectivity index (χ3n) is 5.17. The summed E-state index contributed by atoms with van der Waals surface area (Å²) >= 11 is 6.34. The molecule has 0 atom stereocenters. The zero-order valence-corrected chi connectivity index (χ0v) is 15.6. The van der Waals surface area contributed by atoms with Crippen LogP contribution in [0, 0.1) is 0 Å². The van der Waals surface area contributed by atoms with E-state index in [0.717, 1.165) is 35.4 Å². The van der Waals surface area contributed by atoms with E-state index < -0.39 is 0 Å². The number of hydrogen-bond acceptors (Lipinski definition) is 1. The first-order chi connectivity index (χ1) is 12.2. The molecule has 3 rings (SSSR count). The highest BCUT2D eigenvalue weighted by Gasteiger charge is 2.27. The number of rotatable bonds is 6. The van der Waals surface area contributed by atoms with Gasteiger partial charge in [0.05, 0.1) is 6.42 Å². The average Bonchev–Trinajstić information content (AvgIpc) is 3.16. The number of aryl methyl sites for hydroxylation is 1. The van der Waals surface area contributed by atoms with E-state index in [1.165, 1.54) is 18.4 Å². The fraction of sp³-hybridized carbons (Fsp3) is 0.409. The van der Waals surface area contributed by atoms with Gasteiger partial charge in [0.2, 0.25) is 5.91 Å². The number of carbonyl (C=O) groups is 1. The van der Waals surface area contributed by atoms with E-state index in [2.05, 4.69) is 36.1 Å². The van der Waals surface area contributed by atoms with Crippen LogP contribution in [0.25, 0.3) is 0 Å². The standard InChI is InChI=1S/C22H26ClNO/c1-2-17-11-13-18(14-12-17)15-22(25)24(20-8-4-5-9-20)16-19-7-3-6-10-21(19)23/h3,6-7,10-14,20H,2,4-5,8-9,15-16H2,1H3. The fourth-order valence-corrected chi connectivity index (χ4v) is 3.81. The van der Waals surface area contributed by atoms with Crippen molar-refractivity contribution >= 4 is 17.5 Å². The Morgan fingerprint density at radius 1 is 1.04 bits per heavy atom. The Morgan fingerprint density at radius 3 is 2.32 bits per heavy atom. The van der Waals surface area contributed by atoms with Gasteiger partial charge >= 0.3 is 0 Å². The Hall–Kier alpha value is -1.80. The van der Waals surface area contributed by atoms with Gasteiger partial charge in [0, 0.05) is 17.6 Å². The molecule has 0 radical (unpaired) electrons. The summed E-state index contributed by atoms with van der Waals surface area (Å²) in [6.07, 6.45) is 6.11. The maximum Gasteiger partial charge on any atom is 0.227 e. The van der Waals surface area contributed by atoms with Crippen LogP contribution in [-0.2, 0) is 24.2 Å². The molecule has 0 aromatic heterocycles. The van der Waals surface area contributed by atoms with Crippen molar-refractivity contribution in [2.45, 2.75) is 58.0 Å².